The van der Waals surface area contributed by atoms with Gasteiger partial charge in [-0.3, -0.25) is 0 Å². The molecule has 4 heterocycles. The summed E-state index contributed by atoms with van der Waals surface area (Å²) in [5.41, 5.74) is 2.50. The number of methoxy groups -OCH3 is 2. The summed E-state index contributed by atoms with van der Waals surface area (Å²) < 4.78 is 29.4. The Labute approximate surface area is 302 Å². The van der Waals surface area contributed by atoms with E-state index < -0.39 is 23.2 Å². The predicted octanol–water partition coefficient (Wildman–Crippen LogP) is 6.90. The Morgan fingerprint density at radius 3 is 2.56 bits per heavy atom. The maximum Gasteiger partial charge on any atom is 0.435 e. The molecule has 3 aliphatic rings. The summed E-state index contributed by atoms with van der Waals surface area (Å²) in [6, 6.07) is 11.6. The second-order valence-electron chi connectivity index (χ2n) is 14.2. The summed E-state index contributed by atoms with van der Waals surface area (Å²) in [5.74, 6) is 2.37. The summed E-state index contributed by atoms with van der Waals surface area (Å²) in [4.78, 5) is 40.0. The van der Waals surface area contributed by atoms with Crippen molar-refractivity contribution in [3.8, 4) is 11.5 Å². The first-order valence-corrected chi connectivity index (χ1v) is 17.6. The van der Waals surface area contributed by atoms with Crippen molar-refractivity contribution in [2.75, 3.05) is 62.2 Å². The zero-order chi connectivity index (χ0) is 36.8. The van der Waals surface area contributed by atoms with Crippen LogP contribution in [0.4, 0.5) is 32.9 Å². The van der Waals surface area contributed by atoms with Crippen LogP contribution in [0.5, 0.6) is 11.5 Å². The van der Waals surface area contributed by atoms with Crippen molar-refractivity contribution in [1.82, 2.24) is 19.7 Å². The fraction of sp³-hybridized carbons (Fsp3) is 0.447. The van der Waals surface area contributed by atoms with Gasteiger partial charge in [-0.15, -0.1) is 5.10 Å². The lowest BCUT2D eigenvalue weighted by Gasteiger charge is -2.27. The Hall–Kier alpha value is -5.37. The van der Waals surface area contributed by atoms with Crippen LogP contribution in [0.15, 0.2) is 54.9 Å². The van der Waals surface area contributed by atoms with Gasteiger partial charge in [-0.1, -0.05) is 26.0 Å². The van der Waals surface area contributed by atoms with Crippen LogP contribution in [0.2, 0.25) is 0 Å². The zero-order valence-electron chi connectivity index (χ0n) is 30.5. The lowest BCUT2D eigenvalue weighted by molar-refractivity contribution is 0.0523. The normalized spacial score (nSPS) is 19.5. The summed E-state index contributed by atoms with van der Waals surface area (Å²) in [5, 5.41) is 8.70. The minimum atomic E-state index is -0.760. The number of nitrogens with one attached hydrogen (secondary N) is 1. The van der Waals surface area contributed by atoms with Crippen molar-refractivity contribution in [3.63, 3.8) is 0 Å². The van der Waals surface area contributed by atoms with Crippen molar-refractivity contribution in [2.24, 2.45) is 0 Å². The highest BCUT2D eigenvalue weighted by molar-refractivity contribution is 5.99. The molecule has 52 heavy (non-hydrogen) atoms. The first-order valence-electron chi connectivity index (χ1n) is 17.6. The number of anilines is 4. The minimum absolute atomic E-state index is 0.0554. The van der Waals surface area contributed by atoms with Gasteiger partial charge in [-0.05, 0) is 75.1 Å². The molecule has 2 fully saturated rings. The number of carbonyl (C=O) groups excluding carboxylic acids is 2. The van der Waals surface area contributed by atoms with Gasteiger partial charge < -0.3 is 33.9 Å². The molecular formula is C38H45N7O7. The molecule has 1 saturated heterocycles. The van der Waals surface area contributed by atoms with E-state index in [1.165, 1.54) is 4.68 Å². The van der Waals surface area contributed by atoms with Crippen LogP contribution in [-0.2, 0) is 19.6 Å². The molecule has 0 unspecified atom stereocenters. The van der Waals surface area contributed by atoms with Gasteiger partial charge in [0.15, 0.2) is 17.4 Å². The molecule has 0 radical (unpaired) electrons. The molecule has 1 N–H and O–H groups in total. The highest BCUT2D eigenvalue weighted by Crippen LogP contribution is 2.70. The SMILES string of the molecule is C=C1N(C(=O)OCCCC)c2ccc(OC)cc2[C@]12C[C@H]2c1ccc2c(Nc3nc(N4CCOCC4)ncc3OC)nn(C(=O)OC(C)(C)C)c2c1. The lowest BCUT2D eigenvalue weighted by atomic mass is 9.90. The number of carbonyl (C=O) groups is 2. The van der Waals surface area contributed by atoms with E-state index in [2.05, 4.69) is 16.9 Å². The highest BCUT2D eigenvalue weighted by Gasteiger charge is 2.65. The molecule has 4 aromatic rings. The maximum absolute atomic E-state index is 13.7. The molecule has 1 amide bonds. The van der Waals surface area contributed by atoms with Crippen molar-refractivity contribution in [3.05, 3.63) is 66.0 Å². The molecule has 274 valence electrons. The van der Waals surface area contributed by atoms with Crippen LogP contribution < -0.4 is 24.6 Å². The molecule has 1 aliphatic carbocycles. The Morgan fingerprint density at radius 1 is 1.06 bits per heavy atom. The van der Waals surface area contributed by atoms with Gasteiger partial charge in [-0.2, -0.15) is 9.67 Å². The van der Waals surface area contributed by atoms with Crippen molar-refractivity contribution in [1.29, 1.82) is 0 Å². The first-order chi connectivity index (χ1) is 25.0. The average molecular weight is 712 g/mol. The molecule has 2 aromatic carbocycles. The van der Waals surface area contributed by atoms with E-state index in [0.29, 0.717) is 85.0 Å². The number of morpholine rings is 1. The lowest BCUT2D eigenvalue weighted by Crippen LogP contribution is -2.37. The number of hydrogen-bond donors (Lipinski definition) is 1. The molecule has 1 spiro atoms. The van der Waals surface area contributed by atoms with E-state index in [4.69, 9.17) is 33.8 Å². The van der Waals surface area contributed by atoms with Gasteiger partial charge in [0.1, 0.15) is 11.4 Å². The van der Waals surface area contributed by atoms with Gasteiger partial charge in [0.05, 0.1) is 51.4 Å². The molecule has 2 atom stereocenters. The number of benzene rings is 2. The fourth-order valence-electron chi connectivity index (χ4n) is 7.07. The summed E-state index contributed by atoms with van der Waals surface area (Å²) >= 11 is 0. The van der Waals surface area contributed by atoms with Crippen LogP contribution in [0.3, 0.4) is 0 Å². The van der Waals surface area contributed by atoms with Crippen LogP contribution in [0.25, 0.3) is 10.9 Å². The Bertz CT molecular complexity index is 2030. The number of hydrogen-bond acceptors (Lipinski definition) is 12. The minimum Gasteiger partial charge on any atom is -0.497 e. The number of ether oxygens (including phenoxy) is 5. The van der Waals surface area contributed by atoms with Gasteiger partial charge >= 0.3 is 12.2 Å². The Balaban J connectivity index is 1.27. The molecule has 2 aromatic heterocycles. The summed E-state index contributed by atoms with van der Waals surface area (Å²) in [7, 11) is 3.17. The van der Waals surface area contributed by atoms with Gasteiger partial charge in [-0.25, -0.2) is 19.5 Å². The maximum atomic E-state index is 13.7. The van der Waals surface area contributed by atoms with E-state index in [-0.39, 0.29) is 5.92 Å². The van der Waals surface area contributed by atoms with E-state index in [1.54, 1.807) is 25.3 Å². The van der Waals surface area contributed by atoms with Crippen molar-refractivity contribution in [2.45, 2.75) is 63.9 Å². The molecule has 14 nitrogen and oxygen atoms in total. The van der Waals surface area contributed by atoms with Crippen LogP contribution >= 0.6 is 0 Å². The molecule has 7 rings (SSSR count). The van der Waals surface area contributed by atoms with Gasteiger partial charge in [0.25, 0.3) is 0 Å². The molecule has 14 heteroatoms. The number of fused-ring (bicyclic) bond motifs is 3. The van der Waals surface area contributed by atoms with Crippen LogP contribution in [-0.4, -0.2) is 84.7 Å². The number of rotatable bonds is 9. The first kappa shape index (κ1) is 35.1. The fourth-order valence-corrected chi connectivity index (χ4v) is 7.07. The Morgan fingerprint density at radius 2 is 1.85 bits per heavy atom. The van der Waals surface area contributed by atoms with E-state index in [0.717, 1.165) is 29.7 Å². The number of amides is 1. The monoisotopic (exact) mass is 711 g/mol. The standard InChI is InChI=1S/C38H45N7O7/c1-8-9-16-51-35(46)44-23(2)38(27-20-25(48-6)11-13-29(27)44)21-28(38)24-10-12-26-30(19-24)45(36(47)52-37(3,4)5)42-32(26)40-33-31(49-7)22-39-34(41-33)43-14-17-50-18-15-43/h10-13,19-20,22,28H,2,8-9,14-18,21H2,1,3-7H3,(H,39,40,41,42)/t28-,38-/m0/s1. The molecular weight excluding hydrogens is 666 g/mol. The van der Waals surface area contributed by atoms with Gasteiger partial charge in [0, 0.05) is 35.5 Å². The topological polar surface area (TPSA) is 142 Å². The highest BCUT2D eigenvalue weighted by atomic mass is 16.6. The van der Waals surface area contributed by atoms with Crippen LogP contribution in [0, 0.1) is 0 Å². The van der Waals surface area contributed by atoms with Crippen LogP contribution in [0.1, 0.15) is 64.0 Å². The summed E-state index contributed by atoms with van der Waals surface area (Å²) in [6.45, 7) is 14.8. The van der Waals surface area contributed by atoms with Crippen molar-refractivity contribution >= 4 is 46.4 Å². The second-order valence-corrected chi connectivity index (χ2v) is 14.2. The van der Waals surface area contributed by atoms with E-state index in [9.17, 15) is 9.59 Å². The predicted molar refractivity (Wildman–Crippen MR) is 196 cm³/mol. The number of nitrogens with zero attached hydrogens (tertiary/aromatic N) is 6. The number of aromatic nitrogens is 4. The average Bonchev–Trinajstić information content (AvgIpc) is 3.72. The smallest absolute Gasteiger partial charge is 0.435 e. The third-order valence-electron chi connectivity index (χ3n) is 9.74. The molecule has 1 saturated carbocycles. The summed E-state index contributed by atoms with van der Waals surface area (Å²) in [6.07, 6.45) is 2.93. The number of unbranched alkanes of at least 4 members (excludes halogenated alkanes) is 1. The molecule has 2 aliphatic heterocycles. The second kappa shape index (κ2) is 13.6. The number of allylic oxidation sites excluding steroid dienone is 1. The Kier molecular flexibility index (Phi) is 9.19. The largest absolute Gasteiger partial charge is 0.497 e. The van der Waals surface area contributed by atoms with E-state index in [1.807, 2.05) is 69.0 Å². The zero-order valence-corrected chi connectivity index (χ0v) is 30.5. The molecule has 0 bridgehead atoms. The quantitative estimate of drug-likeness (QED) is 0.180. The third kappa shape index (κ3) is 6.25. The third-order valence-corrected chi connectivity index (χ3v) is 9.74. The van der Waals surface area contributed by atoms with E-state index >= 15 is 0 Å². The van der Waals surface area contributed by atoms with Gasteiger partial charge in [0.2, 0.25) is 5.95 Å². The van der Waals surface area contributed by atoms with Crippen molar-refractivity contribution < 1.29 is 33.3 Å².